The Hall–Kier alpha value is -2.00. The molecule has 1 aliphatic heterocycles. The highest BCUT2D eigenvalue weighted by atomic mass is 35.5. The van der Waals surface area contributed by atoms with Crippen LogP contribution in [0.5, 0.6) is 0 Å². The van der Waals surface area contributed by atoms with Gasteiger partial charge in [0.25, 0.3) is 0 Å². The van der Waals surface area contributed by atoms with Crippen LogP contribution in [0.4, 0.5) is 5.69 Å². The van der Waals surface area contributed by atoms with Gasteiger partial charge in [-0.3, -0.25) is 4.79 Å². The summed E-state index contributed by atoms with van der Waals surface area (Å²) in [6, 6.07) is 16.0. The minimum absolute atomic E-state index is 0.00805. The molecule has 3 nitrogen and oxygen atoms in total. The maximum absolute atomic E-state index is 12.3. The molecule has 138 valence electrons. The van der Waals surface area contributed by atoms with Gasteiger partial charge in [-0.2, -0.15) is 0 Å². The van der Waals surface area contributed by atoms with E-state index in [1.165, 1.54) is 18.5 Å². The van der Waals surface area contributed by atoms with Crippen LogP contribution in [0.15, 0.2) is 48.5 Å². The second-order valence-corrected chi connectivity index (χ2v) is 7.82. The molecule has 3 rings (SSSR count). The molecule has 1 saturated heterocycles. The number of nitrogens with one attached hydrogen (secondary N) is 1. The lowest BCUT2D eigenvalue weighted by atomic mass is 9.99. The lowest BCUT2D eigenvalue weighted by Gasteiger charge is -2.33. The predicted molar refractivity (Wildman–Crippen MR) is 109 cm³/mol. The minimum Gasteiger partial charge on any atom is -0.371 e. The first-order valence-electron chi connectivity index (χ1n) is 9.40. The second-order valence-electron chi connectivity index (χ2n) is 7.38. The van der Waals surface area contributed by atoms with Gasteiger partial charge in [0.2, 0.25) is 5.91 Å². The maximum Gasteiger partial charge on any atom is 0.224 e. The molecule has 1 aliphatic rings. The Labute approximate surface area is 161 Å². The molecule has 0 radical (unpaired) electrons. The Kier molecular flexibility index (Phi) is 6.20. The van der Waals surface area contributed by atoms with Gasteiger partial charge in [-0.05, 0) is 61.1 Å². The number of halogens is 1. The smallest absolute Gasteiger partial charge is 0.224 e. The van der Waals surface area contributed by atoms with Crippen molar-refractivity contribution in [3.8, 4) is 0 Å². The molecule has 2 atom stereocenters. The van der Waals surface area contributed by atoms with Gasteiger partial charge in [0.1, 0.15) is 0 Å². The van der Waals surface area contributed by atoms with Crippen LogP contribution in [0.2, 0.25) is 5.02 Å². The third-order valence-electron chi connectivity index (χ3n) is 5.05. The molecule has 1 heterocycles. The molecule has 0 bridgehead atoms. The monoisotopic (exact) mass is 370 g/mol. The fraction of sp³-hybridized carbons (Fsp3) is 0.409. The molecular formula is C22H27ClN2O. The highest BCUT2D eigenvalue weighted by molar-refractivity contribution is 6.30. The van der Waals surface area contributed by atoms with Crippen LogP contribution in [0.3, 0.4) is 0 Å². The third-order valence-corrected chi connectivity index (χ3v) is 5.28. The highest BCUT2D eigenvalue weighted by Crippen LogP contribution is 2.24. The lowest BCUT2D eigenvalue weighted by molar-refractivity contribution is -0.121. The number of nitrogens with zero attached hydrogens (tertiary/aromatic N) is 1. The molecule has 2 aromatic carbocycles. The van der Waals surface area contributed by atoms with Gasteiger partial charge >= 0.3 is 0 Å². The topological polar surface area (TPSA) is 32.3 Å². The largest absolute Gasteiger partial charge is 0.371 e. The Morgan fingerprint density at radius 1 is 1.27 bits per heavy atom. The lowest BCUT2D eigenvalue weighted by Crippen LogP contribution is -2.34. The fourth-order valence-corrected chi connectivity index (χ4v) is 3.82. The van der Waals surface area contributed by atoms with Crippen LogP contribution in [-0.4, -0.2) is 19.0 Å². The van der Waals surface area contributed by atoms with E-state index in [9.17, 15) is 4.79 Å². The van der Waals surface area contributed by atoms with E-state index < -0.39 is 0 Å². The fourth-order valence-electron chi connectivity index (χ4n) is 3.61. The summed E-state index contributed by atoms with van der Waals surface area (Å²) in [6.45, 7) is 6.60. The first-order valence-corrected chi connectivity index (χ1v) is 9.78. The van der Waals surface area contributed by atoms with Crippen molar-refractivity contribution >= 4 is 23.2 Å². The summed E-state index contributed by atoms with van der Waals surface area (Å²) in [6.07, 6.45) is 2.93. The van der Waals surface area contributed by atoms with E-state index in [1.807, 2.05) is 31.2 Å². The van der Waals surface area contributed by atoms with Crippen molar-refractivity contribution < 1.29 is 4.79 Å². The molecule has 2 aromatic rings. The third kappa shape index (κ3) is 5.01. The standard InChI is InChI=1S/C22H27ClN2O/c1-16-5-4-12-25(15-16)21-10-8-19(9-11-21)17(2)24-22(26)14-18-6-3-7-20(23)13-18/h3,6-11,13,16-17H,4-5,12,14-15H2,1-2H3,(H,24,26). The number of hydrogen-bond acceptors (Lipinski definition) is 2. The molecule has 0 aromatic heterocycles. The van der Waals surface area contributed by atoms with E-state index in [0.717, 1.165) is 30.1 Å². The van der Waals surface area contributed by atoms with Crippen molar-refractivity contribution in [1.82, 2.24) is 5.32 Å². The van der Waals surface area contributed by atoms with Gasteiger partial charge in [-0.25, -0.2) is 0 Å². The quantitative estimate of drug-likeness (QED) is 0.803. The predicted octanol–water partition coefficient (Wildman–Crippen LogP) is 5.00. The number of amides is 1. The zero-order chi connectivity index (χ0) is 18.5. The molecule has 0 spiro atoms. The van der Waals surface area contributed by atoms with Crippen molar-refractivity contribution in [2.24, 2.45) is 5.92 Å². The van der Waals surface area contributed by atoms with Crippen LogP contribution in [-0.2, 0) is 11.2 Å². The molecule has 2 unspecified atom stereocenters. The first-order chi connectivity index (χ1) is 12.5. The highest BCUT2D eigenvalue weighted by Gasteiger charge is 2.17. The number of benzene rings is 2. The number of carbonyl (C=O) groups is 1. The van der Waals surface area contributed by atoms with Crippen LogP contribution in [0, 0.1) is 5.92 Å². The Morgan fingerprint density at radius 2 is 2.04 bits per heavy atom. The normalized spacial score (nSPS) is 18.4. The van der Waals surface area contributed by atoms with E-state index in [4.69, 9.17) is 11.6 Å². The van der Waals surface area contributed by atoms with E-state index in [0.29, 0.717) is 11.4 Å². The minimum atomic E-state index is -0.0176. The summed E-state index contributed by atoms with van der Waals surface area (Å²) in [5.41, 5.74) is 3.33. The van der Waals surface area contributed by atoms with Crippen LogP contribution in [0.1, 0.15) is 43.9 Å². The van der Waals surface area contributed by atoms with Gasteiger partial charge in [0, 0.05) is 23.8 Å². The van der Waals surface area contributed by atoms with Crippen molar-refractivity contribution in [3.63, 3.8) is 0 Å². The summed E-state index contributed by atoms with van der Waals surface area (Å²) >= 11 is 5.98. The average Bonchev–Trinajstić information content (AvgIpc) is 2.61. The number of hydrogen-bond donors (Lipinski definition) is 1. The van der Waals surface area contributed by atoms with Gasteiger partial charge in [-0.15, -0.1) is 0 Å². The number of rotatable bonds is 5. The van der Waals surface area contributed by atoms with Gasteiger partial charge in [0.05, 0.1) is 12.5 Å². The molecule has 1 fully saturated rings. The SMILES string of the molecule is CC1CCCN(c2ccc(C(C)NC(=O)Cc3cccc(Cl)c3)cc2)C1. The van der Waals surface area contributed by atoms with Crippen molar-refractivity contribution in [1.29, 1.82) is 0 Å². The molecule has 1 amide bonds. The second kappa shape index (κ2) is 8.59. The Balaban J connectivity index is 1.57. The molecule has 26 heavy (non-hydrogen) atoms. The first kappa shape index (κ1) is 18.8. The van der Waals surface area contributed by atoms with E-state index in [1.54, 1.807) is 0 Å². The summed E-state index contributed by atoms with van der Waals surface area (Å²) in [5.74, 6) is 0.766. The van der Waals surface area contributed by atoms with Crippen LogP contribution < -0.4 is 10.2 Å². The number of anilines is 1. The molecule has 0 saturated carbocycles. The van der Waals surface area contributed by atoms with E-state index in [2.05, 4.69) is 41.4 Å². The molecule has 0 aliphatic carbocycles. The average molecular weight is 371 g/mol. The maximum atomic E-state index is 12.3. The summed E-state index contributed by atoms with van der Waals surface area (Å²) < 4.78 is 0. The van der Waals surface area contributed by atoms with Gasteiger partial charge in [0.15, 0.2) is 0 Å². The number of piperidine rings is 1. The van der Waals surface area contributed by atoms with Gasteiger partial charge in [-0.1, -0.05) is 42.8 Å². The van der Waals surface area contributed by atoms with Crippen molar-refractivity contribution in [2.45, 2.75) is 39.2 Å². The van der Waals surface area contributed by atoms with Crippen LogP contribution in [0.25, 0.3) is 0 Å². The Bertz CT molecular complexity index is 744. The molecule has 1 N–H and O–H groups in total. The van der Waals surface area contributed by atoms with Crippen molar-refractivity contribution in [2.75, 3.05) is 18.0 Å². The van der Waals surface area contributed by atoms with Gasteiger partial charge < -0.3 is 10.2 Å². The van der Waals surface area contributed by atoms with Crippen LogP contribution >= 0.6 is 11.6 Å². The van der Waals surface area contributed by atoms with E-state index >= 15 is 0 Å². The number of carbonyl (C=O) groups excluding carboxylic acids is 1. The van der Waals surface area contributed by atoms with E-state index in [-0.39, 0.29) is 11.9 Å². The summed E-state index contributed by atoms with van der Waals surface area (Å²) in [4.78, 5) is 14.8. The molecule has 4 heteroatoms. The zero-order valence-corrected chi connectivity index (χ0v) is 16.3. The molecular weight excluding hydrogens is 344 g/mol. The summed E-state index contributed by atoms with van der Waals surface area (Å²) in [5, 5.41) is 3.73. The zero-order valence-electron chi connectivity index (χ0n) is 15.5. The van der Waals surface area contributed by atoms with Crippen molar-refractivity contribution in [3.05, 3.63) is 64.7 Å². The Morgan fingerprint density at radius 3 is 2.73 bits per heavy atom. The summed E-state index contributed by atoms with van der Waals surface area (Å²) in [7, 11) is 0.